The maximum atomic E-state index is 13.2. The lowest BCUT2D eigenvalue weighted by Gasteiger charge is -2.28. The second-order valence-electron chi connectivity index (χ2n) is 7.09. The Balaban J connectivity index is 1.64. The normalized spacial score (nSPS) is 13.4. The Morgan fingerprint density at radius 2 is 1.89 bits per heavy atom. The molecular formula is C22H24N4O2. The van der Waals surface area contributed by atoms with Crippen molar-refractivity contribution in [1.82, 2.24) is 19.6 Å². The molecule has 0 spiro atoms. The molecule has 4 rings (SSSR count). The van der Waals surface area contributed by atoms with Gasteiger partial charge in [0.25, 0.3) is 11.8 Å². The largest absolute Gasteiger partial charge is 0.351 e. The van der Waals surface area contributed by atoms with Crippen molar-refractivity contribution in [2.45, 2.75) is 32.7 Å². The van der Waals surface area contributed by atoms with Crippen LogP contribution >= 0.6 is 0 Å². The van der Waals surface area contributed by atoms with Crippen LogP contribution in [0, 0.1) is 0 Å². The molecule has 6 nitrogen and oxygen atoms in total. The van der Waals surface area contributed by atoms with E-state index in [1.807, 2.05) is 35.2 Å². The number of unbranched alkanes of at least 4 members (excludes halogenated alkanes) is 1. The third-order valence-electron chi connectivity index (χ3n) is 5.19. The highest BCUT2D eigenvalue weighted by Crippen LogP contribution is 2.21. The molecule has 28 heavy (non-hydrogen) atoms. The van der Waals surface area contributed by atoms with Crippen molar-refractivity contribution in [1.29, 1.82) is 0 Å². The summed E-state index contributed by atoms with van der Waals surface area (Å²) in [6.45, 7) is 3.89. The number of hydrogen-bond donors (Lipinski definition) is 1. The van der Waals surface area contributed by atoms with Crippen molar-refractivity contribution in [3.63, 3.8) is 0 Å². The van der Waals surface area contributed by atoms with E-state index in [4.69, 9.17) is 0 Å². The van der Waals surface area contributed by atoms with Gasteiger partial charge in [0.15, 0.2) is 5.69 Å². The minimum Gasteiger partial charge on any atom is -0.351 e. The molecule has 1 aliphatic rings. The monoisotopic (exact) mass is 376 g/mol. The van der Waals surface area contributed by atoms with Crippen LogP contribution in [0.1, 0.15) is 52.0 Å². The van der Waals surface area contributed by atoms with Crippen LogP contribution in [0.4, 0.5) is 0 Å². The number of benzene rings is 1. The average Bonchev–Trinajstić information content (AvgIpc) is 3.13. The van der Waals surface area contributed by atoms with E-state index in [0.717, 1.165) is 19.3 Å². The summed E-state index contributed by atoms with van der Waals surface area (Å²) in [7, 11) is 0. The van der Waals surface area contributed by atoms with Crippen LogP contribution < -0.4 is 5.32 Å². The number of imidazole rings is 1. The summed E-state index contributed by atoms with van der Waals surface area (Å²) in [6, 6.07) is 13.7. The molecule has 3 heterocycles. The van der Waals surface area contributed by atoms with E-state index in [1.54, 1.807) is 10.6 Å². The molecule has 3 aromatic rings. The second-order valence-corrected chi connectivity index (χ2v) is 7.09. The van der Waals surface area contributed by atoms with Gasteiger partial charge in [0.05, 0.1) is 5.52 Å². The molecule has 0 fully saturated rings. The van der Waals surface area contributed by atoms with Gasteiger partial charge in [-0.15, -0.1) is 0 Å². The molecule has 0 unspecified atom stereocenters. The molecule has 6 heteroatoms. The summed E-state index contributed by atoms with van der Waals surface area (Å²) in [6.07, 6.45) is 4.53. The van der Waals surface area contributed by atoms with E-state index in [9.17, 15) is 9.59 Å². The fraction of sp³-hybridized carbons (Fsp3) is 0.318. The Morgan fingerprint density at radius 3 is 2.71 bits per heavy atom. The highest BCUT2D eigenvalue weighted by atomic mass is 16.2. The lowest BCUT2D eigenvalue weighted by molar-refractivity contribution is 0.0721. The molecule has 144 valence electrons. The van der Waals surface area contributed by atoms with Gasteiger partial charge < -0.3 is 10.2 Å². The maximum absolute atomic E-state index is 13.2. The minimum atomic E-state index is -0.236. The minimum absolute atomic E-state index is 0.150. The van der Waals surface area contributed by atoms with Crippen molar-refractivity contribution < 1.29 is 9.59 Å². The SMILES string of the molecule is CCCCNC(=O)c1nc(C(=O)N2CCc3ccccc3C2)n2ccccc12. The van der Waals surface area contributed by atoms with Gasteiger partial charge in [-0.3, -0.25) is 14.0 Å². The van der Waals surface area contributed by atoms with Crippen LogP contribution in [0.5, 0.6) is 0 Å². The highest BCUT2D eigenvalue weighted by molar-refractivity contribution is 6.02. The third-order valence-corrected chi connectivity index (χ3v) is 5.19. The molecular weight excluding hydrogens is 352 g/mol. The Kier molecular flexibility index (Phi) is 5.10. The number of pyridine rings is 1. The number of aromatic nitrogens is 2. The number of nitrogens with zero attached hydrogens (tertiary/aromatic N) is 3. The number of amides is 2. The molecule has 0 saturated heterocycles. The van der Waals surface area contributed by atoms with E-state index in [-0.39, 0.29) is 17.6 Å². The summed E-state index contributed by atoms with van der Waals surface area (Å²) >= 11 is 0. The van der Waals surface area contributed by atoms with Crippen LogP contribution in [0.15, 0.2) is 48.7 Å². The number of fused-ring (bicyclic) bond motifs is 2. The summed E-state index contributed by atoms with van der Waals surface area (Å²) in [5.74, 6) is -0.0980. The molecule has 0 atom stereocenters. The predicted octanol–water partition coefficient (Wildman–Crippen LogP) is 3.06. The zero-order valence-electron chi connectivity index (χ0n) is 16.0. The maximum Gasteiger partial charge on any atom is 0.290 e. The fourth-order valence-corrected chi connectivity index (χ4v) is 3.63. The molecule has 0 radical (unpaired) electrons. The van der Waals surface area contributed by atoms with Gasteiger partial charge >= 0.3 is 0 Å². The second kappa shape index (κ2) is 7.84. The van der Waals surface area contributed by atoms with E-state index in [2.05, 4.69) is 29.4 Å². The summed E-state index contributed by atoms with van der Waals surface area (Å²) < 4.78 is 1.72. The third kappa shape index (κ3) is 3.38. The van der Waals surface area contributed by atoms with Crippen molar-refractivity contribution in [3.8, 4) is 0 Å². The van der Waals surface area contributed by atoms with Gasteiger partial charge in [-0.05, 0) is 36.1 Å². The molecule has 1 aliphatic heterocycles. The van der Waals surface area contributed by atoms with Crippen LogP contribution in [-0.4, -0.2) is 39.2 Å². The first-order valence-corrected chi connectivity index (χ1v) is 9.80. The molecule has 1 N–H and O–H groups in total. The Morgan fingerprint density at radius 1 is 1.11 bits per heavy atom. The first-order chi connectivity index (χ1) is 13.7. The first kappa shape index (κ1) is 18.2. The van der Waals surface area contributed by atoms with Crippen molar-refractivity contribution in [2.24, 2.45) is 0 Å². The summed E-state index contributed by atoms with van der Waals surface area (Å²) in [5.41, 5.74) is 3.41. The standard InChI is InChI=1S/C22H24N4O2/c1-2-3-12-23-21(27)19-18-10-6-7-13-26(18)20(24-19)22(28)25-14-11-16-8-4-5-9-17(16)15-25/h4-10,13H,2-3,11-12,14-15H2,1H3,(H,23,27). The van der Waals surface area contributed by atoms with Gasteiger partial charge in [0.2, 0.25) is 5.82 Å². The van der Waals surface area contributed by atoms with Crippen molar-refractivity contribution >= 4 is 17.3 Å². The van der Waals surface area contributed by atoms with Gasteiger partial charge in [0.1, 0.15) is 0 Å². The van der Waals surface area contributed by atoms with Crippen LogP contribution in [0.3, 0.4) is 0 Å². The number of nitrogens with one attached hydrogen (secondary N) is 1. The Bertz CT molecular complexity index is 1020. The number of hydrogen-bond acceptors (Lipinski definition) is 3. The summed E-state index contributed by atoms with van der Waals surface area (Å²) in [5, 5.41) is 2.90. The zero-order valence-corrected chi connectivity index (χ0v) is 16.0. The summed E-state index contributed by atoms with van der Waals surface area (Å²) in [4.78, 5) is 32.1. The fourth-order valence-electron chi connectivity index (χ4n) is 3.63. The lowest BCUT2D eigenvalue weighted by atomic mass is 10.00. The van der Waals surface area contributed by atoms with Gasteiger partial charge in [-0.2, -0.15) is 0 Å². The smallest absolute Gasteiger partial charge is 0.290 e. The van der Waals surface area contributed by atoms with E-state index < -0.39 is 0 Å². The number of carbonyl (C=O) groups excluding carboxylic acids is 2. The Hall–Kier alpha value is -3.15. The average molecular weight is 376 g/mol. The lowest BCUT2D eigenvalue weighted by Crippen LogP contribution is -2.37. The van der Waals surface area contributed by atoms with Gasteiger partial charge in [0, 0.05) is 25.8 Å². The number of carbonyl (C=O) groups is 2. The topological polar surface area (TPSA) is 66.7 Å². The Labute approximate surface area is 164 Å². The predicted molar refractivity (Wildman–Crippen MR) is 107 cm³/mol. The zero-order chi connectivity index (χ0) is 19.5. The van der Waals surface area contributed by atoms with E-state index in [0.29, 0.717) is 30.8 Å². The molecule has 2 amide bonds. The molecule has 2 aromatic heterocycles. The van der Waals surface area contributed by atoms with Crippen LogP contribution in [0.2, 0.25) is 0 Å². The van der Waals surface area contributed by atoms with Gasteiger partial charge in [-0.1, -0.05) is 43.7 Å². The molecule has 1 aromatic carbocycles. The quantitative estimate of drug-likeness (QED) is 0.696. The van der Waals surface area contributed by atoms with Crippen LogP contribution in [-0.2, 0) is 13.0 Å². The highest BCUT2D eigenvalue weighted by Gasteiger charge is 2.27. The molecule has 0 aliphatic carbocycles. The van der Waals surface area contributed by atoms with Crippen molar-refractivity contribution in [3.05, 3.63) is 71.3 Å². The van der Waals surface area contributed by atoms with E-state index in [1.165, 1.54) is 11.1 Å². The number of rotatable bonds is 5. The van der Waals surface area contributed by atoms with E-state index >= 15 is 0 Å². The first-order valence-electron chi connectivity index (χ1n) is 9.80. The van der Waals surface area contributed by atoms with Crippen LogP contribution in [0.25, 0.3) is 5.52 Å². The van der Waals surface area contributed by atoms with Crippen molar-refractivity contribution in [2.75, 3.05) is 13.1 Å². The molecule has 0 bridgehead atoms. The molecule has 0 saturated carbocycles. The van der Waals surface area contributed by atoms with Gasteiger partial charge in [-0.25, -0.2) is 4.98 Å².